The Hall–Kier alpha value is -2.20. The van der Waals surface area contributed by atoms with E-state index in [9.17, 15) is 0 Å². The highest BCUT2D eigenvalue weighted by molar-refractivity contribution is 5.85. The zero-order valence-corrected chi connectivity index (χ0v) is 12.3. The smallest absolute Gasteiger partial charge is 0.131 e. The molecule has 0 bridgehead atoms. The lowest BCUT2D eigenvalue weighted by atomic mass is 10.2. The molecule has 0 amide bonds. The first-order chi connectivity index (χ1) is 9.27. The maximum absolute atomic E-state index is 4.39. The molecule has 1 aliphatic heterocycles. The molecular weight excluding hydrogens is 272 g/mol. The van der Waals surface area contributed by atoms with E-state index in [0.717, 1.165) is 11.4 Å². The van der Waals surface area contributed by atoms with Gasteiger partial charge >= 0.3 is 0 Å². The van der Waals surface area contributed by atoms with Gasteiger partial charge in [-0.3, -0.25) is 5.43 Å². The Morgan fingerprint density at radius 2 is 1.40 bits per heavy atom. The van der Waals surface area contributed by atoms with Gasteiger partial charge in [-0.2, -0.15) is 10.2 Å². The third-order valence-corrected chi connectivity index (χ3v) is 3.21. The number of hydrazine groups is 2. The van der Waals surface area contributed by atoms with Crippen LogP contribution in [0.5, 0.6) is 0 Å². The Kier molecular flexibility index (Phi) is 4.15. The quantitative estimate of drug-likeness (QED) is 0.919. The van der Waals surface area contributed by atoms with Crippen LogP contribution in [0.2, 0.25) is 0 Å². The Bertz CT molecular complexity index is 627. The van der Waals surface area contributed by atoms with Crippen LogP contribution in [0, 0.1) is 13.8 Å². The Balaban J connectivity index is 0.00000147. The molecule has 2 aromatic carbocycles. The zero-order valence-electron chi connectivity index (χ0n) is 11.4. The fourth-order valence-corrected chi connectivity index (χ4v) is 2.17. The number of hydrogen-bond donors (Lipinski definition) is 1. The van der Waals surface area contributed by atoms with Crippen LogP contribution in [-0.4, -0.2) is 6.34 Å². The number of nitrogens with one attached hydrogen (secondary N) is 1. The van der Waals surface area contributed by atoms with Crippen LogP contribution in [-0.2, 0) is 0 Å². The van der Waals surface area contributed by atoms with Crippen LogP contribution < -0.4 is 15.7 Å². The molecule has 104 valence electrons. The highest BCUT2D eigenvalue weighted by Crippen LogP contribution is 2.27. The van der Waals surface area contributed by atoms with Gasteiger partial charge in [0.25, 0.3) is 0 Å². The van der Waals surface area contributed by atoms with E-state index < -0.39 is 0 Å². The summed E-state index contributed by atoms with van der Waals surface area (Å²) in [6.07, 6.45) is 1.69. The zero-order chi connectivity index (χ0) is 13.2. The lowest BCUT2D eigenvalue weighted by molar-refractivity contribution is 0.767. The van der Waals surface area contributed by atoms with E-state index in [1.165, 1.54) is 11.1 Å². The lowest BCUT2D eigenvalue weighted by Gasteiger charge is -2.29. The van der Waals surface area contributed by atoms with Crippen LogP contribution in [0.4, 0.5) is 11.4 Å². The molecule has 0 fully saturated rings. The molecule has 0 aromatic heterocycles. The molecule has 2 aromatic rings. The molecule has 0 spiro atoms. The van der Waals surface area contributed by atoms with E-state index in [-0.39, 0.29) is 12.4 Å². The number of halogens is 1. The summed E-state index contributed by atoms with van der Waals surface area (Å²) in [5.74, 6) is 0. The summed E-state index contributed by atoms with van der Waals surface area (Å²) in [5.41, 5.74) is 7.68. The number of benzene rings is 2. The summed E-state index contributed by atoms with van der Waals surface area (Å²) in [4.78, 5) is 0. The number of aryl methyl sites for hydroxylation is 2. The second-order valence-corrected chi connectivity index (χ2v) is 4.55. The van der Waals surface area contributed by atoms with Crippen LogP contribution in [0.15, 0.2) is 53.6 Å². The molecule has 1 heterocycles. The van der Waals surface area contributed by atoms with Crippen LogP contribution in [0.1, 0.15) is 11.1 Å². The normalized spacial score (nSPS) is 13.1. The summed E-state index contributed by atoms with van der Waals surface area (Å²) in [5, 5.41) is 8.20. The number of hydrazone groups is 1. The van der Waals surface area contributed by atoms with Gasteiger partial charge in [-0.05, 0) is 37.1 Å². The van der Waals surface area contributed by atoms with Crippen molar-refractivity contribution in [2.75, 3.05) is 10.2 Å². The average Bonchev–Trinajstić information content (AvgIpc) is 2.89. The standard InChI is InChI=1S/C15H16N4.ClH/c1-12-7-3-5-9-14(12)18-16-11-17-19(18)15-10-6-4-8-13(15)2;/h3-11H,1-2H3,(H,16,17);1H. The SMILES string of the molecule is Cc1ccccc1N1N=CNN1c1ccccc1C.Cl. The molecule has 0 aliphatic carbocycles. The van der Waals surface area contributed by atoms with E-state index >= 15 is 0 Å². The van der Waals surface area contributed by atoms with Crippen molar-refractivity contribution >= 4 is 30.1 Å². The van der Waals surface area contributed by atoms with Crippen molar-refractivity contribution < 1.29 is 0 Å². The monoisotopic (exact) mass is 288 g/mol. The topological polar surface area (TPSA) is 30.9 Å². The number of para-hydroxylation sites is 2. The molecular formula is C15H17ClN4. The van der Waals surface area contributed by atoms with E-state index in [0.29, 0.717) is 0 Å². The molecule has 0 saturated heterocycles. The molecule has 20 heavy (non-hydrogen) atoms. The maximum Gasteiger partial charge on any atom is 0.131 e. The summed E-state index contributed by atoms with van der Waals surface area (Å²) in [6, 6.07) is 16.4. The number of anilines is 2. The predicted molar refractivity (Wildman–Crippen MR) is 86.2 cm³/mol. The van der Waals surface area contributed by atoms with E-state index in [1.54, 1.807) is 6.34 Å². The van der Waals surface area contributed by atoms with Gasteiger partial charge in [0.05, 0.1) is 11.4 Å². The second kappa shape index (κ2) is 5.84. The summed E-state index contributed by atoms with van der Waals surface area (Å²) >= 11 is 0. The van der Waals surface area contributed by atoms with Crippen molar-refractivity contribution in [2.45, 2.75) is 13.8 Å². The number of rotatable bonds is 2. The van der Waals surface area contributed by atoms with Crippen LogP contribution >= 0.6 is 12.4 Å². The third kappa shape index (κ3) is 2.42. The maximum atomic E-state index is 4.39. The Morgan fingerprint density at radius 3 is 2.00 bits per heavy atom. The van der Waals surface area contributed by atoms with E-state index in [4.69, 9.17) is 0 Å². The van der Waals surface area contributed by atoms with Gasteiger partial charge in [0, 0.05) is 0 Å². The molecule has 4 nitrogen and oxygen atoms in total. The van der Waals surface area contributed by atoms with Gasteiger partial charge in [0.15, 0.2) is 0 Å². The first-order valence-electron chi connectivity index (χ1n) is 6.27. The summed E-state index contributed by atoms with van der Waals surface area (Å²) in [6.45, 7) is 4.17. The minimum Gasteiger partial charge on any atom is -0.265 e. The fourth-order valence-electron chi connectivity index (χ4n) is 2.17. The highest BCUT2D eigenvalue weighted by Gasteiger charge is 2.22. The van der Waals surface area contributed by atoms with Gasteiger partial charge in [0.1, 0.15) is 6.34 Å². The van der Waals surface area contributed by atoms with Crippen LogP contribution in [0.25, 0.3) is 0 Å². The largest absolute Gasteiger partial charge is 0.265 e. The first kappa shape index (κ1) is 14.2. The minimum atomic E-state index is 0. The minimum absolute atomic E-state index is 0. The van der Waals surface area contributed by atoms with Crippen molar-refractivity contribution in [3.05, 3.63) is 59.7 Å². The van der Waals surface area contributed by atoms with E-state index in [2.05, 4.69) is 48.6 Å². The molecule has 1 N–H and O–H groups in total. The molecule has 0 atom stereocenters. The van der Waals surface area contributed by atoms with Gasteiger partial charge in [0.2, 0.25) is 0 Å². The van der Waals surface area contributed by atoms with Gasteiger partial charge in [-0.15, -0.1) is 17.5 Å². The lowest BCUT2D eigenvalue weighted by Crippen LogP contribution is -2.43. The first-order valence-corrected chi connectivity index (χ1v) is 6.27. The molecule has 3 rings (SSSR count). The van der Waals surface area contributed by atoms with Gasteiger partial charge < -0.3 is 0 Å². The number of hydrogen-bond acceptors (Lipinski definition) is 4. The van der Waals surface area contributed by atoms with Crippen molar-refractivity contribution in [3.63, 3.8) is 0 Å². The van der Waals surface area contributed by atoms with Crippen molar-refractivity contribution in [1.29, 1.82) is 0 Å². The second-order valence-electron chi connectivity index (χ2n) is 4.55. The molecule has 0 radical (unpaired) electrons. The fraction of sp³-hybridized carbons (Fsp3) is 0.133. The molecule has 1 aliphatic rings. The highest BCUT2D eigenvalue weighted by atomic mass is 35.5. The Labute approximate surface area is 125 Å². The van der Waals surface area contributed by atoms with Gasteiger partial charge in [-0.1, -0.05) is 36.4 Å². The van der Waals surface area contributed by atoms with Crippen LogP contribution in [0.3, 0.4) is 0 Å². The molecule has 5 heteroatoms. The summed E-state index contributed by atoms with van der Waals surface area (Å²) < 4.78 is 0. The molecule has 0 saturated carbocycles. The van der Waals surface area contributed by atoms with Gasteiger partial charge in [-0.25, -0.2) is 0 Å². The average molecular weight is 289 g/mol. The van der Waals surface area contributed by atoms with E-state index in [1.807, 2.05) is 34.5 Å². The Morgan fingerprint density at radius 1 is 0.850 bits per heavy atom. The van der Waals surface area contributed by atoms with Crippen molar-refractivity contribution in [1.82, 2.24) is 5.43 Å². The van der Waals surface area contributed by atoms with Crippen molar-refractivity contribution in [3.8, 4) is 0 Å². The van der Waals surface area contributed by atoms with Crippen molar-refractivity contribution in [2.24, 2.45) is 5.10 Å². The molecule has 0 unspecified atom stereocenters. The third-order valence-electron chi connectivity index (χ3n) is 3.21. The predicted octanol–water partition coefficient (Wildman–Crippen LogP) is 3.41. The summed E-state index contributed by atoms with van der Waals surface area (Å²) in [7, 11) is 0. The number of nitrogens with zero attached hydrogens (tertiary/aromatic N) is 3.